The number of nitrogens with zero attached hydrogens (tertiary/aromatic N) is 1. The summed E-state index contributed by atoms with van der Waals surface area (Å²) in [7, 11) is 1.82. The summed E-state index contributed by atoms with van der Waals surface area (Å²) < 4.78 is 0. The van der Waals surface area contributed by atoms with Crippen molar-refractivity contribution in [1.29, 1.82) is 5.26 Å². The Morgan fingerprint density at radius 2 is 1.94 bits per heavy atom. The average Bonchev–Trinajstić information content (AvgIpc) is 2.23. The van der Waals surface area contributed by atoms with Crippen LogP contribution in [0.5, 0.6) is 0 Å². The maximum Gasteiger partial charge on any atom is 0.104 e. The monoisotopic (exact) mass is 234 g/mol. The molecule has 0 bridgehead atoms. The number of rotatable bonds is 5. The second-order valence-corrected chi connectivity index (χ2v) is 5.01. The molecule has 86 valence electrons. The standard InChI is InChI=1S/C13H18N2S/c1-10-4-11(2)6-12(5-10)8-16-9-13(7-14)15-3/h4-6,13,15H,8-9H2,1-3H3. The normalized spacial score (nSPS) is 12.1. The number of nitriles is 1. The smallest absolute Gasteiger partial charge is 0.104 e. The lowest BCUT2D eigenvalue weighted by molar-refractivity contribution is 0.750. The first-order chi connectivity index (χ1) is 7.65. The zero-order valence-electron chi connectivity index (χ0n) is 10.1. The van der Waals surface area contributed by atoms with Gasteiger partial charge in [0, 0.05) is 11.5 Å². The maximum absolute atomic E-state index is 8.79. The molecule has 0 aliphatic carbocycles. The highest BCUT2D eigenvalue weighted by Crippen LogP contribution is 2.16. The van der Waals surface area contributed by atoms with Crippen molar-refractivity contribution >= 4 is 11.8 Å². The molecule has 0 aliphatic rings. The number of aryl methyl sites for hydroxylation is 2. The van der Waals surface area contributed by atoms with E-state index in [1.54, 1.807) is 11.8 Å². The maximum atomic E-state index is 8.79. The molecule has 1 unspecified atom stereocenters. The van der Waals surface area contributed by atoms with Crippen LogP contribution in [0.2, 0.25) is 0 Å². The van der Waals surface area contributed by atoms with Gasteiger partial charge in [-0.25, -0.2) is 0 Å². The minimum Gasteiger partial charge on any atom is -0.304 e. The molecule has 0 amide bonds. The first-order valence-electron chi connectivity index (χ1n) is 5.37. The van der Waals surface area contributed by atoms with Gasteiger partial charge in [-0.1, -0.05) is 29.3 Å². The van der Waals surface area contributed by atoms with Crippen molar-refractivity contribution in [3.05, 3.63) is 34.9 Å². The Labute approximate surface area is 102 Å². The van der Waals surface area contributed by atoms with E-state index in [4.69, 9.17) is 5.26 Å². The van der Waals surface area contributed by atoms with Crippen LogP contribution in [0.1, 0.15) is 16.7 Å². The average molecular weight is 234 g/mol. The third-order valence-corrected chi connectivity index (χ3v) is 3.45. The van der Waals surface area contributed by atoms with Crippen LogP contribution < -0.4 is 5.32 Å². The molecule has 1 aromatic carbocycles. The van der Waals surface area contributed by atoms with E-state index < -0.39 is 0 Å². The highest BCUT2D eigenvalue weighted by molar-refractivity contribution is 7.98. The van der Waals surface area contributed by atoms with E-state index in [0.29, 0.717) is 0 Å². The topological polar surface area (TPSA) is 35.8 Å². The lowest BCUT2D eigenvalue weighted by atomic mass is 10.1. The Morgan fingerprint density at radius 3 is 2.44 bits per heavy atom. The van der Waals surface area contributed by atoms with Gasteiger partial charge >= 0.3 is 0 Å². The Kier molecular flexibility index (Phi) is 5.37. The second kappa shape index (κ2) is 6.57. The van der Waals surface area contributed by atoms with Crippen molar-refractivity contribution in [3.63, 3.8) is 0 Å². The number of nitrogens with one attached hydrogen (secondary N) is 1. The van der Waals surface area contributed by atoms with Crippen molar-refractivity contribution in [1.82, 2.24) is 5.32 Å². The van der Waals surface area contributed by atoms with Crippen LogP contribution in [0.3, 0.4) is 0 Å². The van der Waals surface area contributed by atoms with Crippen molar-refractivity contribution in [2.24, 2.45) is 0 Å². The van der Waals surface area contributed by atoms with E-state index >= 15 is 0 Å². The molecule has 16 heavy (non-hydrogen) atoms. The molecule has 1 rings (SSSR count). The number of hydrogen-bond acceptors (Lipinski definition) is 3. The Bertz CT molecular complexity index is 362. The third-order valence-electron chi connectivity index (χ3n) is 2.34. The summed E-state index contributed by atoms with van der Waals surface area (Å²) in [5.74, 6) is 1.81. The summed E-state index contributed by atoms with van der Waals surface area (Å²) in [6.45, 7) is 4.24. The highest BCUT2D eigenvalue weighted by atomic mass is 32.2. The van der Waals surface area contributed by atoms with Gasteiger partial charge in [0.2, 0.25) is 0 Å². The number of thioether (sulfide) groups is 1. The van der Waals surface area contributed by atoms with Crippen molar-refractivity contribution in [3.8, 4) is 6.07 Å². The van der Waals surface area contributed by atoms with E-state index in [0.717, 1.165) is 11.5 Å². The first-order valence-corrected chi connectivity index (χ1v) is 6.53. The van der Waals surface area contributed by atoms with Gasteiger partial charge in [0.05, 0.1) is 6.07 Å². The van der Waals surface area contributed by atoms with E-state index in [-0.39, 0.29) is 6.04 Å². The summed E-state index contributed by atoms with van der Waals surface area (Å²) >= 11 is 1.80. The molecule has 0 fully saturated rings. The first kappa shape index (κ1) is 13.1. The summed E-state index contributed by atoms with van der Waals surface area (Å²) in [6, 6.07) is 8.78. The molecule has 2 nitrogen and oxygen atoms in total. The fraction of sp³-hybridized carbons (Fsp3) is 0.462. The largest absolute Gasteiger partial charge is 0.304 e. The lowest BCUT2D eigenvalue weighted by Gasteiger charge is -2.08. The molecule has 1 N–H and O–H groups in total. The minimum absolute atomic E-state index is 0.0455. The molecule has 0 heterocycles. The van der Waals surface area contributed by atoms with Gasteiger partial charge in [0.1, 0.15) is 6.04 Å². The SMILES string of the molecule is CNC(C#N)CSCc1cc(C)cc(C)c1. The van der Waals surface area contributed by atoms with Gasteiger partial charge in [-0.05, 0) is 26.5 Å². The molecule has 1 atom stereocenters. The van der Waals surface area contributed by atoms with E-state index in [1.807, 2.05) is 7.05 Å². The zero-order chi connectivity index (χ0) is 12.0. The van der Waals surface area contributed by atoms with E-state index in [1.165, 1.54) is 16.7 Å². The Morgan fingerprint density at radius 1 is 1.31 bits per heavy atom. The summed E-state index contributed by atoms with van der Waals surface area (Å²) in [6.07, 6.45) is 0. The Hall–Kier alpha value is -0.980. The molecule has 0 aliphatic heterocycles. The molecule has 0 saturated heterocycles. The van der Waals surface area contributed by atoms with Crippen LogP contribution in [0, 0.1) is 25.2 Å². The van der Waals surface area contributed by atoms with Gasteiger partial charge < -0.3 is 5.32 Å². The van der Waals surface area contributed by atoms with Gasteiger partial charge in [-0.3, -0.25) is 0 Å². The van der Waals surface area contributed by atoms with Gasteiger partial charge in [-0.2, -0.15) is 17.0 Å². The van der Waals surface area contributed by atoms with Crippen molar-refractivity contribution < 1.29 is 0 Å². The van der Waals surface area contributed by atoms with E-state index in [2.05, 4.69) is 43.4 Å². The Balaban J connectivity index is 2.46. The molecule has 0 saturated carbocycles. The fourth-order valence-corrected chi connectivity index (χ4v) is 2.63. The van der Waals surface area contributed by atoms with Gasteiger partial charge in [-0.15, -0.1) is 0 Å². The number of hydrogen-bond donors (Lipinski definition) is 1. The van der Waals surface area contributed by atoms with Gasteiger partial charge in [0.25, 0.3) is 0 Å². The minimum atomic E-state index is -0.0455. The summed E-state index contributed by atoms with van der Waals surface area (Å²) in [5, 5.41) is 11.8. The van der Waals surface area contributed by atoms with Crippen molar-refractivity contribution in [2.45, 2.75) is 25.6 Å². The summed E-state index contributed by atoms with van der Waals surface area (Å²) in [5.41, 5.74) is 3.96. The van der Waals surface area contributed by atoms with Crippen LogP contribution in [-0.2, 0) is 5.75 Å². The molecule has 3 heteroatoms. The lowest BCUT2D eigenvalue weighted by Crippen LogP contribution is -2.25. The van der Waals surface area contributed by atoms with Crippen LogP contribution in [0.25, 0.3) is 0 Å². The summed E-state index contributed by atoms with van der Waals surface area (Å²) in [4.78, 5) is 0. The molecule has 1 aromatic rings. The van der Waals surface area contributed by atoms with Gasteiger partial charge in [0.15, 0.2) is 0 Å². The highest BCUT2D eigenvalue weighted by Gasteiger charge is 2.04. The second-order valence-electron chi connectivity index (χ2n) is 3.98. The van der Waals surface area contributed by atoms with Crippen LogP contribution in [0.4, 0.5) is 0 Å². The molecule has 0 radical (unpaired) electrons. The molecular formula is C13H18N2S. The number of benzene rings is 1. The molecular weight excluding hydrogens is 216 g/mol. The zero-order valence-corrected chi connectivity index (χ0v) is 10.9. The molecule has 0 spiro atoms. The predicted molar refractivity (Wildman–Crippen MR) is 70.5 cm³/mol. The van der Waals surface area contributed by atoms with E-state index in [9.17, 15) is 0 Å². The van der Waals surface area contributed by atoms with Crippen LogP contribution in [-0.4, -0.2) is 18.8 Å². The van der Waals surface area contributed by atoms with Crippen LogP contribution in [0.15, 0.2) is 18.2 Å². The predicted octanol–water partition coefficient (Wildman–Crippen LogP) is 2.65. The van der Waals surface area contributed by atoms with Crippen LogP contribution >= 0.6 is 11.8 Å². The molecule has 0 aromatic heterocycles. The third kappa shape index (κ3) is 4.26. The fourth-order valence-electron chi connectivity index (χ4n) is 1.63. The van der Waals surface area contributed by atoms with Crippen molar-refractivity contribution in [2.75, 3.05) is 12.8 Å². The quantitative estimate of drug-likeness (QED) is 0.850.